The van der Waals surface area contributed by atoms with Crippen molar-refractivity contribution in [2.45, 2.75) is 45.8 Å². The number of amides is 1. The lowest BCUT2D eigenvalue weighted by Crippen LogP contribution is -2.45. The van der Waals surface area contributed by atoms with Gasteiger partial charge < -0.3 is 15.0 Å². The molecular formula is C13H26N2O2. The maximum absolute atomic E-state index is 11.6. The van der Waals surface area contributed by atoms with Gasteiger partial charge in [-0.25, -0.2) is 0 Å². The summed E-state index contributed by atoms with van der Waals surface area (Å²) in [5.74, 6) is 0.577. The number of nitrogens with one attached hydrogen (secondary N) is 1. The second kappa shape index (κ2) is 6.97. The lowest BCUT2D eigenvalue weighted by atomic mass is 9.97. The summed E-state index contributed by atoms with van der Waals surface area (Å²) in [6, 6.07) is 0.603. The van der Waals surface area contributed by atoms with Crippen LogP contribution >= 0.6 is 0 Å². The molecule has 1 aliphatic heterocycles. The highest BCUT2D eigenvalue weighted by molar-refractivity contribution is 5.80. The molecule has 4 heteroatoms. The number of carbonyl (C=O) groups is 1. The van der Waals surface area contributed by atoms with Crippen LogP contribution in [0.4, 0.5) is 0 Å². The van der Waals surface area contributed by atoms with E-state index in [-0.39, 0.29) is 12.0 Å². The fourth-order valence-electron chi connectivity index (χ4n) is 2.23. The van der Waals surface area contributed by atoms with E-state index in [1.807, 2.05) is 0 Å². The zero-order valence-corrected chi connectivity index (χ0v) is 11.5. The molecule has 1 aliphatic rings. The van der Waals surface area contributed by atoms with Gasteiger partial charge in [0.2, 0.25) is 5.91 Å². The highest BCUT2D eigenvalue weighted by Gasteiger charge is 2.22. The zero-order chi connectivity index (χ0) is 12.8. The van der Waals surface area contributed by atoms with Gasteiger partial charge in [-0.2, -0.15) is 0 Å². The number of piperidine rings is 1. The zero-order valence-electron chi connectivity index (χ0n) is 11.5. The van der Waals surface area contributed by atoms with Crippen LogP contribution in [0.3, 0.4) is 0 Å². The molecule has 4 nitrogen and oxygen atoms in total. The van der Waals surface area contributed by atoms with Gasteiger partial charge in [0.15, 0.2) is 0 Å². The molecule has 1 rings (SSSR count). The van der Waals surface area contributed by atoms with Crippen LogP contribution in [-0.2, 0) is 9.53 Å². The highest BCUT2D eigenvalue weighted by Crippen LogP contribution is 2.17. The molecule has 1 heterocycles. The van der Waals surface area contributed by atoms with Crippen molar-refractivity contribution in [3.8, 4) is 0 Å². The van der Waals surface area contributed by atoms with Crippen LogP contribution in [-0.4, -0.2) is 49.7 Å². The van der Waals surface area contributed by atoms with E-state index in [4.69, 9.17) is 4.74 Å². The normalized spacial score (nSPS) is 23.7. The van der Waals surface area contributed by atoms with Gasteiger partial charge >= 0.3 is 0 Å². The summed E-state index contributed by atoms with van der Waals surface area (Å²) in [7, 11) is 1.56. The third kappa shape index (κ3) is 4.64. The van der Waals surface area contributed by atoms with Crippen molar-refractivity contribution in [3.05, 3.63) is 0 Å². The molecule has 17 heavy (non-hydrogen) atoms. The number of likely N-dealkylation sites (tertiary alicyclic amines) is 1. The van der Waals surface area contributed by atoms with Gasteiger partial charge in [0, 0.05) is 26.2 Å². The number of methoxy groups -OCH3 is 1. The van der Waals surface area contributed by atoms with Crippen molar-refractivity contribution in [2.24, 2.45) is 5.92 Å². The van der Waals surface area contributed by atoms with Crippen molar-refractivity contribution in [3.63, 3.8) is 0 Å². The van der Waals surface area contributed by atoms with Gasteiger partial charge in [-0.05, 0) is 46.1 Å². The number of ether oxygens (including phenoxy) is 1. The van der Waals surface area contributed by atoms with Crippen LogP contribution in [0.1, 0.15) is 33.6 Å². The van der Waals surface area contributed by atoms with Crippen LogP contribution in [0.25, 0.3) is 0 Å². The largest absolute Gasteiger partial charge is 0.372 e. The predicted octanol–water partition coefficient (Wildman–Crippen LogP) is 1.26. The third-order valence-corrected chi connectivity index (χ3v) is 3.57. The van der Waals surface area contributed by atoms with Crippen LogP contribution in [0.15, 0.2) is 0 Å². The van der Waals surface area contributed by atoms with E-state index in [0.717, 1.165) is 13.1 Å². The minimum absolute atomic E-state index is 0.00540. The molecule has 1 amide bonds. The van der Waals surface area contributed by atoms with E-state index in [9.17, 15) is 4.79 Å². The predicted molar refractivity (Wildman–Crippen MR) is 68.9 cm³/mol. The first-order valence-corrected chi connectivity index (χ1v) is 6.59. The van der Waals surface area contributed by atoms with Gasteiger partial charge in [-0.1, -0.05) is 0 Å². The topological polar surface area (TPSA) is 41.6 Å². The summed E-state index contributed by atoms with van der Waals surface area (Å²) in [4.78, 5) is 14.1. The summed E-state index contributed by atoms with van der Waals surface area (Å²) < 4.78 is 4.99. The van der Waals surface area contributed by atoms with Gasteiger partial charge in [0.05, 0.1) is 0 Å². The molecular weight excluding hydrogens is 216 g/mol. The summed E-state index contributed by atoms with van der Waals surface area (Å²) in [5, 5.41) is 2.97. The van der Waals surface area contributed by atoms with Crippen LogP contribution in [0.5, 0.6) is 0 Å². The quantitative estimate of drug-likeness (QED) is 0.789. The van der Waals surface area contributed by atoms with Crippen LogP contribution < -0.4 is 5.32 Å². The fourth-order valence-corrected chi connectivity index (χ4v) is 2.23. The molecule has 0 bridgehead atoms. The van der Waals surface area contributed by atoms with Gasteiger partial charge in [0.25, 0.3) is 0 Å². The molecule has 0 saturated carbocycles. The third-order valence-electron chi connectivity index (χ3n) is 3.57. The van der Waals surface area contributed by atoms with E-state index >= 15 is 0 Å². The van der Waals surface area contributed by atoms with Crippen molar-refractivity contribution in [1.82, 2.24) is 10.2 Å². The SMILES string of the molecule is CO[C@H](C)C(=O)NC[C@@H]1CCCN(C(C)C)C1. The minimum atomic E-state index is -0.347. The Morgan fingerprint density at radius 3 is 2.76 bits per heavy atom. The van der Waals surface area contributed by atoms with Crippen molar-refractivity contribution < 1.29 is 9.53 Å². The second-order valence-corrected chi connectivity index (χ2v) is 5.22. The number of rotatable bonds is 5. The first-order valence-electron chi connectivity index (χ1n) is 6.59. The average molecular weight is 242 g/mol. The fraction of sp³-hybridized carbons (Fsp3) is 0.923. The molecule has 0 aromatic rings. The van der Waals surface area contributed by atoms with Crippen LogP contribution in [0.2, 0.25) is 0 Å². The molecule has 1 N–H and O–H groups in total. The average Bonchev–Trinajstić information content (AvgIpc) is 2.35. The summed E-state index contributed by atoms with van der Waals surface area (Å²) in [6.45, 7) is 9.30. The maximum Gasteiger partial charge on any atom is 0.248 e. The van der Waals surface area contributed by atoms with E-state index in [2.05, 4.69) is 24.1 Å². The van der Waals surface area contributed by atoms with Crippen molar-refractivity contribution in [2.75, 3.05) is 26.7 Å². The molecule has 0 unspecified atom stereocenters. The Balaban J connectivity index is 2.29. The van der Waals surface area contributed by atoms with Crippen LogP contribution in [0, 0.1) is 5.92 Å². The maximum atomic E-state index is 11.6. The number of carbonyl (C=O) groups excluding carboxylic acids is 1. The molecule has 0 aliphatic carbocycles. The van der Waals surface area contributed by atoms with E-state index in [1.165, 1.54) is 19.4 Å². The lowest BCUT2D eigenvalue weighted by molar-refractivity contribution is -0.130. The second-order valence-electron chi connectivity index (χ2n) is 5.22. The summed E-state index contributed by atoms with van der Waals surface area (Å²) in [6.07, 6.45) is 2.10. The van der Waals surface area contributed by atoms with E-state index < -0.39 is 0 Å². The van der Waals surface area contributed by atoms with Crippen molar-refractivity contribution in [1.29, 1.82) is 0 Å². The van der Waals surface area contributed by atoms with Gasteiger partial charge in [-0.3, -0.25) is 4.79 Å². The Bertz CT molecular complexity index is 244. The molecule has 2 atom stereocenters. The Morgan fingerprint density at radius 1 is 1.47 bits per heavy atom. The Morgan fingerprint density at radius 2 is 2.18 bits per heavy atom. The molecule has 1 fully saturated rings. The highest BCUT2D eigenvalue weighted by atomic mass is 16.5. The molecule has 1 saturated heterocycles. The molecule has 0 aromatic heterocycles. The Labute approximate surface area is 105 Å². The Hall–Kier alpha value is -0.610. The summed E-state index contributed by atoms with van der Waals surface area (Å²) >= 11 is 0. The Kier molecular flexibility index (Phi) is 5.92. The van der Waals surface area contributed by atoms with E-state index in [0.29, 0.717) is 12.0 Å². The smallest absolute Gasteiger partial charge is 0.248 e. The molecule has 0 spiro atoms. The van der Waals surface area contributed by atoms with Gasteiger partial charge in [-0.15, -0.1) is 0 Å². The number of nitrogens with zero attached hydrogens (tertiary/aromatic N) is 1. The van der Waals surface area contributed by atoms with Gasteiger partial charge in [0.1, 0.15) is 6.10 Å². The van der Waals surface area contributed by atoms with E-state index in [1.54, 1.807) is 14.0 Å². The molecule has 100 valence electrons. The number of hydrogen-bond donors (Lipinski definition) is 1. The standard InChI is InChI=1S/C13H26N2O2/c1-10(2)15-7-5-6-12(9-15)8-14-13(16)11(3)17-4/h10-12H,5-9H2,1-4H3,(H,14,16)/t11-,12+/m1/s1. The monoisotopic (exact) mass is 242 g/mol. The minimum Gasteiger partial charge on any atom is -0.372 e. The first kappa shape index (κ1) is 14.5. The lowest BCUT2D eigenvalue weighted by Gasteiger charge is -2.35. The van der Waals surface area contributed by atoms with Crippen molar-refractivity contribution >= 4 is 5.91 Å². The first-order chi connectivity index (χ1) is 8.04. The summed E-state index contributed by atoms with van der Waals surface area (Å²) in [5.41, 5.74) is 0. The molecule has 0 radical (unpaired) electrons. The molecule has 0 aromatic carbocycles. The number of hydrogen-bond acceptors (Lipinski definition) is 3.